The second-order valence-corrected chi connectivity index (χ2v) is 5.73. The summed E-state index contributed by atoms with van der Waals surface area (Å²) in [7, 11) is 0. The third kappa shape index (κ3) is 4.69. The number of hydrogen-bond acceptors (Lipinski definition) is 2. The van der Waals surface area contributed by atoms with Crippen molar-refractivity contribution in [1.29, 1.82) is 0 Å². The topological polar surface area (TPSA) is 38.3 Å². The minimum absolute atomic E-state index is 0.0892. The van der Waals surface area contributed by atoms with Crippen LogP contribution in [0.25, 0.3) is 0 Å². The molecule has 0 bridgehead atoms. The number of nitrogens with one attached hydrogen (secondary N) is 1. The highest BCUT2D eigenvalue weighted by atomic mass is 79.9. The highest BCUT2D eigenvalue weighted by Gasteiger charge is 2.19. The molecule has 0 aromatic heterocycles. The molecule has 1 N–H and O–H groups in total. The Morgan fingerprint density at radius 3 is 2.67 bits per heavy atom. The molecule has 0 aliphatic heterocycles. The zero-order chi connectivity index (χ0) is 13.8. The van der Waals surface area contributed by atoms with E-state index in [2.05, 4.69) is 21.2 Å². The predicted molar refractivity (Wildman–Crippen MR) is 77.5 cm³/mol. The Morgan fingerprint density at radius 2 is 2.11 bits per heavy atom. The molecule has 0 unspecified atom stereocenters. The molecule has 0 atom stereocenters. The maximum absolute atomic E-state index is 12.1. The minimum Gasteiger partial charge on any atom is -0.491 e. The molecule has 0 radical (unpaired) electrons. The average molecular weight is 314 g/mol. The van der Waals surface area contributed by atoms with E-state index in [-0.39, 0.29) is 17.6 Å². The fourth-order valence-corrected chi connectivity index (χ4v) is 1.54. The smallest absolute Gasteiger partial charge is 0.251 e. The van der Waals surface area contributed by atoms with Gasteiger partial charge in [0, 0.05) is 16.4 Å². The summed E-state index contributed by atoms with van der Waals surface area (Å²) in [6, 6.07) is 7.23. The van der Waals surface area contributed by atoms with Gasteiger partial charge in [0.25, 0.3) is 5.91 Å². The number of benzene rings is 1. The standard InChI is InChI=1S/C14H20BrNO2/c1-10(2)18-12-7-5-6-11(8-12)13(17)16-14(3,4)9-15/h5-8,10H,9H2,1-4H3,(H,16,17). The number of amides is 1. The maximum Gasteiger partial charge on any atom is 0.251 e. The van der Waals surface area contributed by atoms with Crippen molar-refractivity contribution in [2.45, 2.75) is 39.3 Å². The Labute approximate surface area is 117 Å². The van der Waals surface area contributed by atoms with Crippen LogP contribution in [0, 0.1) is 0 Å². The van der Waals surface area contributed by atoms with Crippen molar-refractivity contribution in [2.24, 2.45) is 0 Å². The first kappa shape index (κ1) is 15.0. The molecule has 0 spiro atoms. The van der Waals surface area contributed by atoms with Crippen LogP contribution >= 0.6 is 15.9 Å². The van der Waals surface area contributed by atoms with Gasteiger partial charge in [0.1, 0.15) is 5.75 Å². The monoisotopic (exact) mass is 313 g/mol. The van der Waals surface area contributed by atoms with Crippen LogP contribution < -0.4 is 10.1 Å². The van der Waals surface area contributed by atoms with Crippen LogP contribution in [-0.2, 0) is 0 Å². The molecule has 0 heterocycles. The van der Waals surface area contributed by atoms with Crippen molar-refractivity contribution < 1.29 is 9.53 Å². The third-order valence-corrected chi connectivity index (χ3v) is 3.66. The van der Waals surface area contributed by atoms with E-state index < -0.39 is 0 Å². The lowest BCUT2D eigenvalue weighted by Crippen LogP contribution is -2.44. The summed E-state index contributed by atoms with van der Waals surface area (Å²) in [5.41, 5.74) is 0.341. The van der Waals surface area contributed by atoms with Crippen LogP contribution in [0.1, 0.15) is 38.1 Å². The van der Waals surface area contributed by atoms with Gasteiger partial charge in [-0.25, -0.2) is 0 Å². The van der Waals surface area contributed by atoms with Crippen molar-refractivity contribution in [3.05, 3.63) is 29.8 Å². The lowest BCUT2D eigenvalue weighted by atomic mass is 10.1. The van der Waals surface area contributed by atoms with Gasteiger partial charge in [-0.05, 0) is 45.9 Å². The fourth-order valence-electron chi connectivity index (χ4n) is 1.40. The third-order valence-electron chi connectivity index (χ3n) is 2.25. The molecule has 0 saturated carbocycles. The summed E-state index contributed by atoms with van der Waals surface area (Å²) in [5, 5.41) is 3.66. The molecule has 3 nitrogen and oxygen atoms in total. The van der Waals surface area contributed by atoms with Gasteiger partial charge in [0.2, 0.25) is 0 Å². The molecule has 1 aromatic carbocycles. The van der Waals surface area contributed by atoms with E-state index in [1.165, 1.54) is 0 Å². The second kappa shape index (κ2) is 6.23. The molecule has 1 rings (SSSR count). The van der Waals surface area contributed by atoms with Crippen molar-refractivity contribution in [3.63, 3.8) is 0 Å². The number of halogens is 1. The summed E-state index contributed by atoms with van der Waals surface area (Å²) < 4.78 is 5.57. The van der Waals surface area contributed by atoms with Gasteiger partial charge in [-0.2, -0.15) is 0 Å². The first-order valence-corrected chi connectivity index (χ1v) is 7.11. The molecule has 1 aromatic rings. The Balaban J connectivity index is 2.80. The summed E-state index contributed by atoms with van der Waals surface area (Å²) in [6.07, 6.45) is 0.0993. The summed E-state index contributed by atoms with van der Waals surface area (Å²) in [5.74, 6) is 0.628. The van der Waals surface area contributed by atoms with E-state index in [1.54, 1.807) is 12.1 Å². The number of ether oxygens (including phenoxy) is 1. The molecule has 0 aliphatic rings. The highest BCUT2D eigenvalue weighted by Crippen LogP contribution is 2.16. The van der Waals surface area contributed by atoms with E-state index in [4.69, 9.17) is 4.74 Å². The first-order valence-electron chi connectivity index (χ1n) is 5.99. The molecule has 0 saturated heterocycles. The maximum atomic E-state index is 12.1. The van der Waals surface area contributed by atoms with Gasteiger partial charge >= 0.3 is 0 Å². The number of alkyl halides is 1. The minimum atomic E-state index is -0.272. The molecule has 100 valence electrons. The number of carbonyl (C=O) groups excluding carboxylic acids is 1. The van der Waals surface area contributed by atoms with Gasteiger partial charge < -0.3 is 10.1 Å². The van der Waals surface area contributed by atoms with Crippen LogP contribution in [-0.4, -0.2) is 22.9 Å². The summed E-state index contributed by atoms with van der Waals surface area (Å²) >= 11 is 3.38. The molecule has 0 fully saturated rings. The van der Waals surface area contributed by atoms with E-state index in [1.807, 2.05) is 39.8 Å². The van der Waals surface area contributed by atoms with E-state index in [0.717, 1.165) is 0 Å². The van der Waals surface area contributed by atoms with Gasteiger partial charge in [-0.15, -0.1) is 0 Å². The Bertz CT molecular complexity index is 416. The SMILES string of the molecule is CC(C)Oc1cccc(C(=O)NC(C)(C)CBr)c1. The van der Waals surface area contributed by atoms with E-state index >= 15 is 0 Å². The van der Waals surface area contributed by atoms with Gasteiger partial charge in [0.15, 0.2) is 0 Å². The van der Waals surface area contributed by atoms with E-state index in [9.17, 15) is 4.79 Å². The molecule has 1 amide bonds. The first-order chi connectivity index (χ1) is 8.34. The van der Waals surface area contributed by atoms with Crippen LogP contribution in [0.2, 0.25) is 0 Å². The van der Waals surface area contributed by atoms with Crippen molar-refractivity contribution in [2.75, 3.05) is 5.33 Å². The molecular formula is C14H20BrNO2. The highest BCUT2D eigenvalue weighted by molar-refractivity contribution is 9.09. The molecular weight excluding hydrogens is 294 g/mol. The Kier molecular flexibility index (Phi) is 5.20. The van der Waals surface area contributed by atoms with Gasteiger partial charge in [-0.3, -0.25) is 4.79 Å². The van der Waals surface area contributed by atoms with Crippen LogP contribution in [0.4, 0.5) is 0 Å². The zero-order valence-corrected chi connectivity index (χ0v) is 12.9. The molecule has 0 aliphatic carbocycles. The van der Waals surface area contributed by atoms with E-state index in [0.29, 0.717) is 16.6 Å². The molecule has 18 heavy (non-hydrogen) atoms. The normalized spacial score (nSPS) is 11.4. The lowest BCUT2D eigenvalue weighted by molar-refractivity contribution is 0.0920. The quantitative estimate of drug-likeness (QED) is 0.846. The lowest BCUT2D eigenvalue weighted by Gasteiger charge is -2.23. The second-order valence-electron chi connectivity index (χ2n) is 5.17. The number of hydrogen-bond donors (Lipinski definition) is 1. The van der Waals surface area contributed by atoms with Crippen LogP contribution in [0.5, 0.6) is 5.75 Å². The van der Waals surface area contributed by atoms with Gasteiger partial charge in [0.05, 0.1) is 6.10 Å². The Morgan fingerprint density at radius 1 is 1.44 bits per heavy atom. The van der Waals surface area contributed by atoms with Crippen LogP contribution in [0.3, 0.4) is 0 Å². The summed E-state index contributed by atoms with van der Waals surface area (Å²) in [6.45, 7) is 7.85. The molecule has 4 heteroatoms. The Hall–Kier alpha value is -1.03. The zero-order valence-electron chi connectivity index (χ0n) is 11.3. The predicted octanol–water partition coefficient (Wildman–Crippen LogP) is 3.38. The van der Waals surface area contributed by atoms with Gasteiger partial charge in [-0.1, -0.05) is 22.0 Å². The number of rotatable bonds is 5. The average Bonchev–Trinajstić information content (AvgIpc) is 2.28. The van der Waals surface area contributed by atoms with Crippen LogP contribution in [0.15, 0.2) is 24.3 Å². The van der Waals surface area contributed by atoms with Crippen molar-refractivity contribution in [1.82, 2.24) is 5.32 Å². The van der Waals surface area contributed by atoms with Crippen molar-refractivity contribution >= 4 is 21.8 Å². The fraction of sp³-hybridized carbons (Fsp3) is 0.500. The number of carbonyl (C=O) groups is 1. The van der Waals surface area contributed by atoms with Crippen molar-refractivity contribution in [3.8, 4) is 5.75 Å². The summed E-state index contributed by atoms with van der Waals surface area (Å²) in [4.78, 5) is 12.1. The largest absolute Gasteiger partial charge is 0.491 e.